The zero-order chi connectivity index (χ0) is 13.4. The number of hydrogen-bond donors (Lipinski definition) is 1. The summed E-state index contributed by atoms with van der Waals surface area (Å²) in [4.78, 5) is 0. The van der Waals surface area contributed by atoms with Gasteiger partial charge in [-0.05, 0) is 37.6 Å². The van der Waals surface area contributed by atoms with Crippen molar-refractivity contribution in [2.24, 2.45) is 0 Å². The van der Waals surface area contributed by atoms with Crippen molar-refractivity contribution in [2.45, 2.75) is 25.8 Å². The molecule has 0 aliphatic heterocycles. The number of ether oxygens (including phenoxy) is 2. The number of benzene rings is 1. The molecule has 0 radical (unpaired) electrons. The number of halogens is 1. The first-order valence-corrected chi connectivity index (χ1v) is 6.31. The topological polar surface area (TPSA) is 30.5 Å². The molecule has 4 heteroatoms. The highest BCUT2D eigenvalue weighted by atomic mass is 19.1. The summed E-state index contributed by atoms with van der Waals surface area (Å²) in [6.45, 7) is 3.52. The minimum absolute atomic E-state index is 0.0993. The number of methoxy groups -OCH3 is 1. The van der Waals surface area contributed by atoms with Crippen molar-refractivity contribution in [3.05, 3.63) is 29.6 Å². The standard InChI is InChI=1S/C14H22FNO2/c1-4-8-18-9-7-13(16-2)11-5-6-14(17-3)12(15)10-11/h5-6,10,13,16H,4,7-9H2,1-3H3. The van der Waals surface area contributed by atoms with E-state index < -0.39 is 0 Å². The molecule has 0 aliphatic carbocycles. The molecular formula is C14H22FNO2. The van der Waals surface area contributed by atoms with Crippen LogP contribution >= 0.6 is 0 Å². The van der Waals surface area contributed by atoms with E-state index in [1.54, 1.807) is 6.07 Å². The van der Waals surface area contributed by atoms with Crippen molar-refractivity contribution in [1.29, 1.82) is 0 Å². The van der Waals surface area contributed by atoms with E-state index in [2.05, 4.69) is 12.2 Å². The van der Waals surface area contributed by atoms with Crippen molar-refractivity contribution >= 4 is 0 Å². The van der Waals surface area contributed by atoms with Crippen LogP contribution in [0, 0.1) is 5.82 Å². The summed E-state index contributed by atoms with van der Waals surface area (Å²) in [5.74, 6) is -0.0550. The van der Waals surface area contributed by atoms with Gasteiger partial charge in [-0.3, -0.25) is 0 Å². The van der Waals surface area contributed by atoms with Gasteiger partial charge < -0.3 is 14.8 Å². The van der Waals surface area contributed by atoms with Gasteiger partial charge in [0.05, 0.1) is 7.11 Å². The van der Waals surface area contributed by atoms with Gasteiger partial charge in [-0.25, -0.2) is 4.39 Å². The quantitative estimate of drug-likeness (QED) is 0.724. The fourth-order valence-electron chi connectivity index (χ4n) is 1.82. The normalized spacial score (nSPS) is 12.4. The van der Waals surface area contributed by atoms with E-state index in [1.165, 1.54) is 13.2 Å². The van der Waals surface area contributed by atoms with Gasteiger partial charge in [-0.1, -0.05) is 13.0 Å². The molecule has 102 valence electrons. The van der Waals surface area contributed by atoms with Crippen LogP contribution in [-0.2, 0) is 4.74 Å². The Morgan fingerprint density at radius 1 is 1.33 bits per heavy atom. The maximum Gasteiger partial charge on any atom is 0.165 e. The molecule has 0 aromatic heterocycles. The van der Waals surface area contributed by atoms with Crippen LogP contribution in [-0.4, -0.2) is 27.4 Å². The summed E-state index contributed by atoms with van der Waals surface area (Å²) in [7, 11) is 3.33. The molecule has 1 atom stereocenters. The van der Waals surface area contributed by atoms with Crippen LogP contribution in [0.1, 0.15) is 31.4 Å². The van der Waals surface area contributed by atoms with E-state index >= 15 is 0 Å². The van der Waals surface area contributed by atoms with Gasteiger partial charge in [-0.15, -0.1) is 0 Å². The summed E-state index contributed by atoms with van der Waals surface area (Å²) < 4.78 is 24.0. The highest BCUT2D eigenvalue weighted by molar-refractivity contribution is 5.31. The average Bonchev–Trinajstić information content (AvgIpc) is 2.39. The molecule has 0 amide bonds. The molecule has 0 bridgehead atoms. The molecule has 18 heavy (non-hydrogen) atoms. The summed E-state index contributed by atoms with van der Waals surface area (Å²) >= 11 is 0. The fraction of sp³-hybridized carbons (Fsp3) is 0.571. The molecule has 0 spiro atoms. The predicted octanol–water partition coefficient (Wildman–Crippen LogP) is 2.91. The van der Waals surface area contributed by atoms with Crippen LogP contribution in [0.5, 0.6) is 5.75 Å². The fourth-order valence-corrected chi connectivity index (χ4v) is 1.82. The Labute approximate surface area is 108 Å². The summed E-state index contributed by atoms with van der Waals surface area (Å²) in [6.07, 6.45) is 1.84. The van der Waals surface area contributed by atoms with Gasteiger partial charge in [0, 0.05) is 19.3 Å². The molecule has 0 saturated heterocycles. The number of rotatable bonds is 8. The zero-order valence-corrected chi connectivity index (χ0v) is 11.3. The van der Waals surface area contributed by atoms with E-state index in [0.717, 1.165) is 25.0 Å². The van der Waals surface area contributed by atoms with E-state index in [0.29, 0.717) is 6.61 Å². The van der Waals surface area contributed by atoms with E-state index in [9.17, 15) is 4.39 Å². The van der Waals surface area contributed by atoms with Gasteiger partial charge in [0.1, 0.15) is 0 Å². The lowest BCUT2D eigenvalue weighted by molar-refractivity contribution is 0.125. The Morgan fingerprint density at radius 2 is 2.11 bits per heavy atom. The highest BCUT2D eigenvalue weighted by Crippen LogP contribution is 2.23. The first-order chi connectivity index (χ1) is 8.72. The molecule has 1 N–H and O–H groups in total. The minimum Gasteiger partial charge on any atom is -0.494 e. The van der Waals surface area contributed by atoms with Gasteiger partial charge in [0.15, 0.2) is 11.6 Å². The molecule has 1 rings (SSSR count). The van der Waals surface area contributed by atoms with Gasteiger partial charge in [0.25, 0.3) is 0 Å². The van der Waals surface area contributed by atoms with Crippen LogP contribution in [0.2, 0.25) is 0 Å². The predicted molar refractivity (Wildman–Crippen MR) is 70.5 cm³/mol. The lowest BCUT2D eigenvalue weighted by atomic mass is 10.0. The monoisotopic (exact) mass is 255 g/mol. The number of hydrogen-bond acceptors (Lipinski definition) is 3. The lowest BCUT2D eigenvalue weighted by Gasteiger charge is -2.17. The van der Waals surface area contributed by atoms with Gasteiger partial charge >= 0.3 is 0 Å². The molecule has 1 aromatic rings. The average molecular weight is 255 g/mol. The highest BCUT2D eigenvalue weighted by Gasteiger charge is 2.12. The maximum absolute atomic E-state index is 13.6. The third-order valence-electron chi connectivity index (χ3n) is 2.83. The van der Waals surface area contributed by atoms with Crippen LogP contribution in [0.4, 0.5) is 4.39 Å². The second kappa shape index (κ2) is 8.06. The molecule has 0 fully saturated rings. The molecule has 0 aliphatic rings. The van der Waals surface area contributed by atoms with E-state index in [-0.39, 0.29) is 17.6 Å². The van der Waals surface area contributed by atoms with Crippen molar-refractivity contribution in [3.8, 4) is 5.75 Å². The first kappa shape index (κ1) is 14.9. The van der Waals surface area contributed by atoms with Crippen molar-refractivity contribution in [2.75, 3.05) is 27.4 Å². The SMILES string of the molecule is CCCOCCC(NC)c1ccc(OC)c(F)c1. The third kappa shape index (κ3) is 4.27. The van der Waals surface area contributed by atoms with Crippen molar-refractivity contribution < 1.29 is 13.9 Å². The molecule has 1 unspecified atom stereocenters. The Balaban J connectivity index is 2.61. The summed E-state index contributed by atoms with van der Waals surface area (Å²) in [6, 6.07) is 5.15. The van der Waals surface area contributed by atoms with Crippen molar-refractivity contribution in [1.82, 2.24) is 5.32 Å². The Hall–Kier alpha value is -1.13. The minimum atomic E-state index is -0.329. The molecule has 1 aromatic carbocycles. The zero-order valence-electron chi connectivity index (χ0n) is 11.3. The largest absolute Gasteiger partial charge is 0.494 e. The first-order valence-electron chi connectivity index (χ1n) is 6.31. The molecule has 0 heterocycles. The second-order valence-corrected chi connectivity index (χ2v) is 4.14. The van der Waals surface area contributed by atoms with Gasteiger partial charge in [0.2, 0.25) is 0 Å². The van der Waals surface area contributed by atoms with Crippen LogP contribution in [0.3, 0.4) is 0 Å². The summed E-state index contributed by atoms with van der Waals surface area (Å²) in [5.41, 5.74) is 0.913. The Morgan fingerprint density at radius 3 is 2.67 bits per heavy atom. The lowest BCUT2D eigenvalue weighted by Crippen LogP contribution is -2.18. The smallest absolute Gasteiger partial charge is 0.165 e. The Kier molecular flexibility index (Phi) is 6.68. The maximum atomic E-state index is 13.6. The molecule has 0 saturated carbocycles. The molecular weight excluding hydrogens is 233 g/mol. The van der Waals surface area contributed by atoms with Gasteiger partial charge in [-0.2, -0.15) is 0 Å². The van der Waals surface area contributed by atoms with E-state index in [1.807, 2.05) is 13.1 Å². The Bertz CT molecular complexity index is 358. The van der Waals surface area contributed by atoms with E-state index in [4.69, 9.17) is 9.47 Å². The second-order valence-electron chi connectivity index (χ2n) is 4.14. The van der Waals surface area contributed by atoms with Crippen LogP contribution in [0.15, 0.2) is 18.2 Å². The van der Waals surface area contributed by atoms with Crippen LogP contribution in [0.25, 0.3) is 0 Å². The van der Waals surface area contributed by atoms with Crippen molar-refractivity contribution in [3.63, 3.8) is 0 Å². The summed E-state index contributed by atoms with van der Waals surface area (Å²) in [5, 5.41) is 3.17. The molecule has 3 nitrogen and oxygen atoms in total. The number of nitrogens with one attached hydrogen (secondary N) is 1. The van der Waals surface area contributed by atoms with Crippen LogP contribution < -0.4 is 10.1 Å². The third-order valence-corrected chi connectivity index (χ3v) is 2.83.